The summed E-state index contributed by atoms with van der Waals surface area (Å²) in [7, 11) is 3.43. The van der Waals surface area contributed by atoms with E-state index in [1.807, 2.05) is 25.1 Å². The van der Waals surface area contributed by atoms with Gasteiger partial charge in [-0.25, -0.2) is 0 Å². The number of hydrogen-bond acceptors (Lipinski definition) is 3. The van der Waals surface area contributed by atoms with Gasteiger partial charge < -0.3 is 15.0 Å². The van der Waals surface area contributed by atoms with Crippen LogP contribution in [0.15, 0.2) is 22.7 Å². The van der Waals surface area contributed by atoms with Gasteiger partial charge in [0.25, 0.3) is 5.91 Å². The van der Waals surface area contributed by atoms with Crippen molar-refractivity contribution >= 4 is 21.8 Å². The predicted octanol–water partition coefficient (Wildman–Crippen LogP) is 2.03. The summed E-state index contributed by atoms with van der Waals surface area (Å²) in [5, 5.41) is 3.25. The van der Waals surface area contributed by atoms with E-state index in [0.29, 0.717) is 0 Å². The van der Waals surface area contributed by atoms with Crippen molar-refractivity contribution in [3.8, 4) is 5.75 Å². The zero-order chi connectivity index (χ0) is 13.5. The lowest BCUT2D eigenvalue weighted by atomic mass is 10.2. The molecule has 0 atom stereocenters. The summed E-state index contributed by atoms with van der Waals surface area (Å²) in [5.74, 6) is 0.675. The lowest BCUT2D eigenvalue weighted by molar-refractivity contribution is -0.130. The molecule has 0 spiro atoms. The largest absolute Gasteiger partial charge is 0.482 e. The summed E-state index contributed by atoms with van der Waals surface area (Å²) in [6.07, 6.45) is 0. The average molecular weight is 315 g/mol. The van der Waals surface area contributed by atoms with E-state index < -0.39 is 0 Å². The minimum Gasteiger partial charge on any atom is -0.482 e. The first-order chi connectivity index (χ1) is 8.56. The number of benzene rings is 1. The molecule has 0 aliphatic carbocycles. The molecule has 0 unspecified atom stereocenters. The van der Waals surface area contributed by atoms with Crippen LogP contribution in [0, 0.1) is 0 Å². The topological polar surface area (TPSA) is 41.6 Å². The molecule has 4 nitrogen and oxygen atoms in total. The Labute approximate surface area is 116 Å². The zero-order valence-electron chi connectivity index (χ0n) is 11.0. The van der Waals surface area contributed by atoms with Crippen molar-refractivity contribution in [2.75, 3.05) is 27.2 Å². The van der Waals surface area contributed by atoms with E-state index in [-0.39, 0.29) is 12.5 Å². The molecule has 0 fully saturated rings. The predicted molar refractivity (Wildman–Crippen MR) is 75.7 cm³/mol. The number of rotatable bonds is 6. The third-order valence-corrected chi connectivity index (χ3v) is 3.08. The van der Waals surface area contributed by atoms with Crippen LogP contribution < -0.4 is 10.1 Å². The molecular formula is C13H19BrN2O2. The van der Waals surface area contributed by atoms with E-state index in [1.54, 1.807) is 14.1 Å². The van der Waals surface area contributed by atoms with Crippen LogP contribution in [-0.4, -0.2) is 38.1 Å². The van der Waals surface area contributed by atoms with Gasteiger partial charge >= 0.3 is 0 Å². The fraction of sp³-hybridized carbons (Fsp3) is 0.462. The Morgan fingerprint density at radius 2 is 2.17 bits per heavy atom. The van der Waals surface area contributed by atoms with E-state index in [0.717, 1.165) is 28.9 Å². The first kappa shape index (κ1) is 15.0. The Morgan fingerprint density at radius 3 is 2.78 bits per heavy atom. The smallest absolute Gasteiger partial charge is 0.259 e. The van der Waals surface area contributed by atoms with Crippen LogP contribution >= 0.6 is 15.9 Å². The highest BCUT2D eigenvalue weighted by atomic mass is 79.9. The Morgan fingerprint density at radius 1 is 1.44 bits per heavy atom. The number of amides is 1. The molecule has 0 radical (unpaired) electrons. The summed E-state index contributed by atoms with van der Waals surface area (Å²) < 4.78 is 6.48. The number of halogens is 1. The van der Waals surface area contributed by atoms with Gasteiger partial charge in [-0.05, 0) is 28.5 Å². The summed E-state index contributed by atoms with van der Waals surface area (Å²) >= 11 is 3.45. The molecule has 18 heavy (non-hydrogen) atoms. The van der Waals surface area contributed by atoms with Gasteiger partial charge in [-0.1, -0.05) is 19.1 Å². The van der Waals surface area contributed by atoms with E-state index >= 15 is 0 Å². The van der Waals surface area contributed by atoms with Crippen LogP contribution in [0.25, 0.3) is 0 Å². The Balaban J connectivity index is 2.76. The first-order valence-corrected chi connectivity index (χ1v) is 6.66. The van der Waals surface area contributed by atoms with Crippen molar-refractivity contribution in [3.63, 3.8) is 0 Å². The Bertz CT molecular complexity index is 408. The quantitative estimate of drug-likeness (QED) is 0.873. The Kier molecular flexibility index (Phi) is 6.15. The van der Waals surface area contributed by atoms with Crippen molar-refractivity contribution < 1.29 is 9.53 Å². The monoisotopic (exact) mass is 314 g/mol. The third-order valence-electron chi connectivity index (χ3n) is 2.45. The number of nitrogens with one attached hydrogen (secondary N) is 1. The number of carbonyl (C=O) groups excluding carboxylic acids is 1. The number of hydrogen-bond donors (Lipinski definition) is 1. The summed E-state index contributed by atoms with van der Waals surface area (Å²) in [4.78, 5) is 13.0. The molecule has 1 amide bonds. The van der Waals surface area contributed by atoms with Crippen LogP contribution in [-0.2, 0) is 11.3 Å². The molecule has 0 aliphatic heterocycles. The second kappa shape index (κ2) is 7.38. The van der Waals surface area contributed by atoms with E-state index in [2.05, 4.69) is 21.2 Å². The molecule has 5 heteroatoms. The molecule has 1 N–H and O–H groups in total. The molecule has 1 rings (SSSR count). The van der Waals surface area contributed by atoms with Crippen LogP contribution in [0.3, 0.4) is 0 Å². The van der Waals surface area contributed by atoms with Crippen molar-refractivity contribution in [1.82, 2.24) is 10.2 Å². The molecule has 1 aromatic carbocycles. The average Bonchev–Trinajstić information content (AvgIpc) is 2.34. The number of carbonyl (C=O) groups is 1. The molecule has 0 saturated heterocycles. The lowest BCUT2D eigenvalue weighted by Gasteiger charge is -2.15. The normalized spacial score (nSPS) is 10.2. The maximum Gasteiger partial charge on any atom is 0.259 e. The van der Waals surface area contributed by atoms with Gasteiger partial charge in [-0.2, -0.15) is 0 Å². The highest BCUT2D eigenvalue weighted by molar-refractivity contribution is 9.10. The molecule has 0 aliphatic rings. The lowest BCUT2D eigenvalue weighted by Crippen LogP contribution is -2.28. The molecule has 1 aromatic rings. The summed E-state index contributed by atoms with van der Waals surface area (Å²) in [6, 6.07) is 5.85. The van der Waals surface area contributed by atoms with Crippen molar-refractivity contribution in [2.24, 2.45) is 0 Å². The maximum atomic E-state index is 11.5. The number of nitrogens with zero attached hydrogens (tertiary/aromatic N) is 1. The number of ether oxygens (including phenoxy) is 1. The van der Waals surface area contributed by atoms with Gasteiger partial charge in [0.05, 0.1) is 4.47 Å². The summed E-state index contributed by atoms with van der Waals surface area (Å²) in [5.41, 5.74) is 1.04. The van der Waals surface area contributed by atoms with Crippen LogP contribution in [0.4, 0.5) is 0 Å². The number of para-hydroxylation sites is 1. The first-order valence-electron chi connectivity index (χ1n) is 5.87. The fourth-order valence-corrected chi connectivity index (χ4v) is 1.90. The molecule has 100 valence electrons. The molecule has 0 heterocycles. The maximum absolute atomic E-state index is 11.5. The molecule has 0 bridgehead atoms. The van der Waals surface area contributed by atoms with Crippen LogP contribution in [0.1, 0.15) is 12.5 Å². The van der Waals surface area contributed by atoms with Gasteiger partial charge in [0.1, 0.15) is 5.75 Å². The third kappa shape index (κ3) is 4.31. The SMILES string of the molecule is CCNCc1cccc(Br)c1OCC(=O)N(C)C. The second-order valence-corrected chi connectivity index (χ2v) is 4.94. The standard InChI is InChI=1S/C13H19BrN2O2/c1-4-15-8-10-6-5-7-11(14)13(10)18-9-12(17)16(2)3/h5-7,15H,4,8-9H2,1-3H3. The molecular weight excluding hydrogens is 296 g/mol. The van der Waals surface area contributed by atoms with Crippen LogP contribution in [0.2, 0.25) is 0 Å². The van der Waals surface area contributed by atoms with Crippen LogP contribution in [0.5, 0.6) is 5.75 Å². The van der Waals surface area contributed by atoms with Gasteiger partial charge in [-0.3, -0.25) is 4.79 Å². The highest BCUT2D eigenvalue weighted by Crippen LogP contribution is 2.29. The van der Waals surface area contributed by atoms with Crippen molar-refractivity contribution in [1.29, 1.82) is 0 Å². The van der Waals surface area contributed by atoms with Gasteiger partial charge in [-0.15, -0.1) is 0 Å². The van der Waals surface area contributed by atoms with E-state index in [4.69, 9.17) is 4.74 Å². The van der Waals surface area contributed by atoms with Gasteiger partial charge in [0, 0.05) is 26.2 Å². The van der Waals surface area contributed by atoms with Gasteiger partial charge in [0.2, 0.25) is 0 Å². The molecule has 0 aromatic heterocycles. The highest BCUT2D eigenvalue weighted by Gasteiger charge is 2.11. The second-order valence-electron chi connectivity index (χ2n) is 4.09. The Hall–Kier alpha value is -1.07. The fourth-order valence-electron chi connectivity index (χ4n) is 1.38. The zero-order valence-corrected chi connectivity index (χ0v) is 12.6. The minimum atomic E-state index is -0.0554. The number of likely N-dealkylation sites (N-methyl/N-ethyl adjacent to an activating group) is 1. The minimum absolute atomic E-state index is 0.0503. The van der Waals surface area contributed by atoms with E-state index in [9.17, 15) is 4.79 Å². The van der Waals surface area contributed by atoms with Crippen molar-refractivity contribution in [2.45, 2.75) is 13.5 Å². The van der Waals surface area contributed by atoms with Crippen molar-refractivity contribution in [3.05, 3.63) is 28.2 Å². The van der Waals surface area contributed by atoms with E-state index in [1.165, 1.54) is 4.90 Å². The summed E-state index contributed by atoms with van der Waals surface area (Å²) in [6.45, 7) is 3.72. The molecule has 0 saturated carbocycles. The van der Waals surface area contributed by atoms with Gasteiger partial charge in [0.15, 0.2) is 6.61 Å².